The first-order chi connectivity index (χ1) is 10.2. The Morgan fingerprint density at radius 1 is 1.33 bits per heavy atom. The van der Waals surface area contributed by atoms with Crippen LogP contribution < -0.4 is 10.6 Å². The van der Waals surface area contributed by atoms with E-state index in [1.165, 1.54) is 11.1 Å². The van der Waals surface area contributed by atoms with E-state index in [9.17, 15) is 0 Å². The second-order valence-corrected chi connectivity index (χ2v) is 5.11. The predicted molar refractivity (Wildman–Crippen MR) is 88.6 cm³/mol. The molecule has 0 saturated heterocycles. The lowest BCUT2D eigenvalue weighted by molar-refractivity contribution is 0.204. The van der Waals surface area contributed by atoms with Gasteiger partial charge in [0.15, 0.2) is 10.9 Å². The molecule has 0 aliphatic heterocycles. The van der Waals surface area contributed by atoms with Crippen LogP contribution in [-0.2, 0) is 11.3 Å². The van der Waals surface area contributed by atoms with Crippen LogP contribution in [0.1, 0.15) is 11.1 Å². The molecule has 0 aliphatic rings. The minimum absolute atomic E-state index is 0.549. The lowest BCUT2D eigenvalue weighted by Gasteiger charge is -2.08. The van der Waals surface area contributed by atoms with Gasteiger partial charge in [-0.3, -0.25) is 4.68 Å². The van der Waals surface area contributed by atoms with Crippen molar-refractivity contribution in [2.45, 2.75) is 13.5 Å². The maximum atomic E-state index is 5.18. The molecule has 2 N–H and O–H groups in total. The van der Waals surface area contributed by atoms with Gasteiger partial charge in [-0.05, 0) is 30.3 Å². The van der Waals surface area contributed by atoms with E-state index in [0.717, 1.165) is 12.4 Å². The number of nitrogens with one attached hydrogen (secondary N) is 2. The van der Waals surface area contributed by atoms with E-state index >= 15 is 0 Å². The highest BCUT2D eigenvalue weighted by Gasteiger charge is 2.03. The summed E-state index contributed by atoms with van der Waals surface area (Å²) in [5.41, 5.74) is 2.52. The van der Waals surface area contributed by atoms with Crippen LogP contribution in [-0.4, -0.2) is 35.2 Å². The topological polar surface area (TPSA) is 51.1 Å². The van der Waals surface area contributed by atoms with Gasteiger partial charge in [-0.25, -0.2) is 0 Å². The monoisotopic (exact) mass is 304 g/mol. The third-order valence-electron chi connectivity index (χ3n) is 3.07. The second kappa shape index (κ2) is 7.75. The van der Waals surface area contributed by atoms with E-state index in [-0.39, 0.29) is 0 Å². The van der Waals surface area contributed by atoms with Crippen molar-refractivity contribution in [3.8, 4) is 0 Å². The summed E-state index contributed by atoms with van der Waals surface area (Å²) in [7, 11) is 1.66. The number of hydrogen-bond donors (Lipinski definition) is 2. The van der Waals surface area contributed by atoms with Crippen LogP contribution in [0.15, 0.2) is 36.5 Å². The molecule has 1 aromatic heterocycles. The van der Waals surface area contributed by atoms with Crippen LogP contribution in [0.2, 0.25) is 0 Å². The van der Waals surface area contributed by atoms with Gasteiger partial charge in [0.25, 0.3) is 0 Å². The molecule has 0 unspecified atom stereocenters. The summed E-state index contributed by atoms with van der Waals surface area (Å²) >= 11 is 5.18. The molecular formula is C15H20N4OS. The van der Waals surface area contributed by atoms with Crippen molar-refractivity contribution in [2.75, 3.05) is 25.6 Å². The molecule has 0 bridgehead atoms. The van der Waals surface area contributed by atoms with E-state index in [4.69, 9.17) is 17.0 Å². The molecule has 5 nitrogen and oxygen atoms in total. The first-order valence-corrected chi connectivity index (χ1v) is 7.21. The normalized spacial score (nSPS) is 10.4. The van der Waals surface area contributed by atoms with Gasteiger partial charge in [0.1, 0.15) is 0 Å². The fraction of sp³-hybridized carbons (Fsp3) is 0.333. The maximum Gasteiger partial charge on any atom is 0.172 e. The molecule has 2 aromatic rings. The largest absolute Gasteiger partial charge is 0.383 e. The lowest BCUT2D eigenvalue weighted by atomic mass is 10.1. The van der Waals surface area contributed by atoms with Gasteiger partial charge < -0.3 is 15.4 Å². The highest BCUT2D eigenvalue weighted by molar-refractivity contribution is 7.80. The summed E-state index contributed by atoms with van der Waals surface area (Å²) in [6.45, 7) is 4.14. The molecule has 112 valence electrons. The smallest absolute Gasteiger partial charge is 0.172 e. The third-order valence-corrected chi connectivity index (χ3v) is 3.31. The molecule has 2 rings (SSSR count). The number of ether oxygens (including phenoxy) is 1. The highest BCUT2D eigenvalue weighted by Crippen LogP contribution is 2.10. The number of anilines is 1. The van der Waals surface area contributed by atoms with E-state index in [0.29, 0.717) is 18.3 Å². The van der Waals surface area contributed by atoms with Crippen molar-refractivity contribution in [1.29, 1.82) is 0 Å². The van der Waals surface area contributed by atoms with E-state index in [1.807, 2.05) is 29.1 Å². The molecule has 0 fully saturated rings. The Balaban J connectivity index is 1.89. The summed E-state index contributed by atoms with van der Waals surface area (Å²) in [5, 5.41) is 11.1. The molecular weight excluding hydrogens is 284 g/mol. The molecule has 0 saturated carbocycles. The third kappa shape index (κ3) is 4.84. The minimum Gasteiger partial charge on any atom is -0.383 e. The van der Waals surface area contributed by atoms with E-state index in [2.05, 4.69) is 34.8 Å². The summed E-state index contributed by atoms with van der Waals surface area (Å²) < 4.78 is 6.85. The Bertz CT molecular complexity index is 597. The molecule has 0 radical (unpaired) electrons. The van der Waals surface area contributed by atoms with Crippen LogP contribution in [0.25, 0.3) is 0 Å². The van der Waals surface area contributed by atoms with E-state index < -0.39 is 0 Å². The minimum atomic E-state index is 0.549. The number of methoxy groups -OCH3 is 1. The van der Waals surface area contributed by atoms with Crippen LogP contribution in [0.3, 0.4) is 0 Å². The van der Waals surface area contributed by atoms with Gasteiger partial charge in [-0.15, -0.1) is 0 Å². The van der Waals surface area contributed by atoms with Gasteiger partial charge in [0, 0.05) is 25.9 Å². The number of hydrogen-bond acceptors (Lipinski definition) is 3. The number of aryl methyl sites for hydroxylation is 1. The SMILES string of the molecule is COCCNC(=S)Nc1ccn(Cc2ccccc2C)n1. The van der Waals surface area contributed by atoms with Gasteiger partial charge in [0.2, 0.25) is 0 Å². The molecule has 0 atom stereocenters. The standard InChI is InChI=1S/C15H20N4OS/c1-12-5-3-4-6-13(12)11-19-9-7-14(18-19)17-15(21)16-8-10-20-2/h3-7,9H,8,10-11H2,1-2H3,(H2,16,17,18,21). The Labute approximate surface area is 130 Å². The van der Waals surface area contributed by atoms with Crippen molar-refractivity contribution in [3.63, 3.8) is 0 Å². The number of nitrogens with zero attached hydrogens (tertiary/aromatic N) is 2. The zero-order chi connectivity index (χ0) is 15.1. The van der Waals surface area contributed by atoms with Crippen molar-refractivity contribution >= 4 is 23.1 Å². The molecule has 6 heteroatoms. The number of benzene rings is 1. The summed E-state index contributed by atoms with van der Waals surface area (Å²) in [5.74, 6) is 0.735. The van der Waals surface area contributed by atoms with Gasteiger partial charge >= 0.3 is 0 Å². The Hall–Kier alpha value is -1.92. The quantitative estimate of drug-likeness (QED) is 0.633. The van der Waals surface area contributed by atoms with Gasteiger partial charge in [-0.2, -0.15) is 5.10 Å². The molecule has 0 amide bonds. The fourth-order valence-electron chi connectivity index (χ4n) is 1.91. The predicted octanol–water partition coefficient (Wildman–Crippen LogP) is 2.17. The van der Waals surface area contributed by atoms with Gasteiger partial charge in [0.05, 0.1) is 13.2 Å². The second-order valence-electron chi connectivity index (χ2n) is 4.70. The first-order valence-electron chi connectivity index (χ1n) is 6.81. The summed E-state index contributed by atoms with van der Waals surface area (Å²) in [4.78, 5) is 0. The number of thiocarbonyl (C=S) groups is 1. The van der Waals surface area contributed by atoms with Crippen LogP contribution in [0, 0.1) is 6.92 Å². The van der Waals surface area contributed by atoms with Crippen LogP contribution in [0.4, 0.5) is 5.82 Å². The van der Waals surface area contributed by atoms with Crippen molar-refractivity contribution < 1.29 is 4.74 Å². The summed E-state index contributed by atoms with van der Waals surface area (Å²) in [6, 6.07) is 10.2. The fourth-order valence-corrected chi connectivity index (χ4v) is 2.11. The van der Waals surface area contributed by atoms with Crippen molar-refractivity contribution in [2.24, 2.45) is 0 Å². The average Bonchev–Trinajstić information content (AvgIpc) is 2.89. The molecule has 21 heavy (non-hydrogen) atoms. The summed E-state index contributed by atoms with van der Waals surface area (Å²) in [6.07, 6.45) is 1.94. The molecule has 0 spiro atoms. The number of rotatable bonds is 6. The molecule has 0 aliphatic carbocycles. The Morgan fingerprint density at radius 2 is 2.14 bits per heavy atom. The van der Waals surface area contributed by atoms with Crippen molar-refractivity contribution in [1.82, 2.24) is 15.1 Å². The maximum absolute atomic E-state index is 5.18. The van der Waals surface area contributed by atoms with E-state index in [1.54, 1.807) is 7.11 Å². The first kappa shape index (κ1) is 15.5. The lowest BCUT2D eigenvalue weighted by Crippen LogP contribution is -2.31. The van der Waals surface area contributed by atoms with Crippen LogP contribution in [0.5, 0.6) is 0 Å². The molecule has 1 heterocycles. The Morgan fingerprint density at radius 3 is 2.90 bits per heavy atom. The average molecular weight is 304 g/mol. The molecule has 1 aromatic carbocycles. The zero-order valence-electron chi connectivity index (χ0n) is 12.3. The number of aromatic nitrogens is 2. The Kier molecular flexibility index (Phi) is 5.71. The highest BCUT2D eigenvalue weighted by atomic mass is 32.1. The zero-order valence-corrected chi connectivity index (χ0v) is 13.1. The van der Waals surface area contributed by atoms with Crippen molar-refractivity contribution in [3.05, 3.63) is 47.7 Å². The van der Waals surface area contributed by atoms with Crippen LogP contribution >= 0.6 is 12.2 Å². The van der Waals surface area contributed by atoms with Gasteiger partial charge in [-0.1, -0.05) is 24.3 Å².